The van der Waals surface area contributed by atoms with E-state index >= 15 is 0 Å². The van der Waals surface area contributed by atoms with Crippen molar-refractivity contribution in [3.63, 3.8) is 0 Å². The van der Waals surface area contributed by atoms with Crippen LogP contribution in [0.25, 0.3) is 0 Å². The van der Waals surface area contributed by atoms with Crippen LogP contribution in [-0.2, 0) is 0 Å². The van der Waals surface area contributed by atoms with Crippen LogP contribution in [0.2, 0.25) is 10.0 Å². The first-order chi connectivity index (χ1) is 12.2. The summed E-state index contributed by atoms with van der Waals surface area (Å²) >= 11 is 13.6. The SMILES string of the molecule is Clc1ccc(C=NC2=N[C@@H](c3ccco3)[C@@H](c3ccco3)S2)c(Cl)c1. The van der Waals surface area contributed by atoms with Crippen molar-refractivity contribution in [1.29, 1.82) is 0 Å². The van der Waals surface area contributed by atoms with E-state index in [4.69, 9.17) is 32.0 Å². The molecule has 3 heterocycles. The number of halogens is 2. The molecule has 0 unspecified atom stereocenters. The molecule has 2 atom stereocenters. The Morgan fingerprint density at radius 1 is 1.04 bits per heavy atom. The molecule has 1 aromatic carbocycles. The maximum atomic E-state index is 6.18. The summed E-state index contributed by atoms with van der Waals surface area (Å²) in [6.45, 7) is 0. The minimum absolute atomic E-state index is 0.0195. The van der Waals surface area contributed by atoms with Gasteiger partial charge in [0.05, 0.1) is 17.5 Å². The fraction of sp³-hybridized carbons (Fsp3) is 0.111. The molecule has 7 heteroatoms. The Labute approximate surface area is 158 Å². The monoisotopic (exact) mass is 390 g/mol. The van der Waals surface area contributed by atoms with Gasteiger partial charge in [-0.1, -0.05) is 41.0 Å². The predicted molar refractivity (Wildman–Crippen MR) is 102 cm³/mol. The van der Waals surface area contributed by atoms with Gasteiger partial charge in [0.2, 0.25) is 0 Å². The molecule has 3 aromatic rings. The van der Waals surface area contributed by atoms with Crippen molar-refractivity contribution in [2.45, 2.75) is 11.3 Å². The summed E-state index contributed by atoms with van der Waals surface area (Å²) in [5.41, 5.74) is 0.783. The molecule has 4 rings (SSSR count). The Morgan fingerprint density at radius 3 is 2.48 bits per heavy atom. The minimum Gasteiger partial charge on any atom is -0.468 e. The zero-order chi connectivity index (χ0) is 17.2. The third-order valence-corrected chi connectivity index (χ3v) is 5.43. The second-order valence-corrected chi connectivity index (χ2v) is 7.30. The highest BCUT2D eigenvalue weighted by molar-refractivity contribution is 8.14. The van der Waals surface area contributed by atoms with Crippen molar-refractivity contribution >= 4 is 46.3 Å². The van der Waals surface area contributed by atoms with Gasteiger partial charge in [0.1, 0.15) is 22.8 Å². The molecule has 25 heavy (non-hydrogen) atoms. The van der Waals surface area contributed by atoms with Crippen molar-refractivity contribution < 1.29 is 8.83 Å². The van der Waals surface area contributed by atoms with E-state index in [0.29, 0.717) is 15.2 Å². The molecule has 0 spiro atoms. The van der Waals surface area contributed by atoms with Gasteiger partial charge in [-0.2, -0.15) is 0 Å². The Kier molecular flexibility index (Phi) is 4.70. The molecular formula is C18H12Cl2N2O2S. The number of aliphatic imine (C=N–C) groups is 2. The topological polar surface area (TPSA) is 51.0 Å². The fourth-order valence-electron chi connectivity index (χ4n) is 2.53. The maximum Gasteiger partial charge on any atom is 0.184 e. The smallest absolute Gasteiger partial charge is 0.184 e. The molecule has 0 radical (unpaired) electrons. The van der Waals surface area contributed by atoms with Crippen molar-refractivity contribution in [3.8, 4) is 0 Å². The van der Waals surface area contributed by atoms with Crippen LogP contribution in [0.15, 0.2) is 73.8 Å². The number of benzene rings is 1. The third kappa shape index (κ3) is 3.54. The lowest BCUT2D eigenvalue weighted by atomic mass is 10.1. The van der Waals surface area contributed by atoms with E-state index in [0.717, 1.165) is 17.1 Å². The summed E-state index contributed by atoms with van der Waals surface area (Å²) in [4.78, 5) is 9.17. The fourth-order valence-corrected chi connectivity index (χ4v) is 4.08. The van der Waals surface area contributed by atoms with E-state index < -0.39 is 0 Å². The van der Waals surface area contributed by atoms with Gasteiger partial charge in [-0.25, -0.2) is 9.98 Å². The number of amidine groups is 1. The van der Waals surface area contributed by atoms with Gasteiger partial charge in [0, 0.05) is 16.8 Å². The van der Waals surface area contributed by atoms with Crippen LogP contribution >= 0.6 is 35.0 Å². The van der Waals surface area contributed by atoms with Gasteiger partial charge in [0.25, 0.3) is 0 Å². The van der Waals surface area contributed by atoms with Gasteiger partial charge in [-0.3, -0.25) is 0 Å². The van der Waals surface area contributed by atoms with Crippen molar-refractivity contribution in [2.24, 2.45) is 9.98 Å². The molecule has 1 aliphatic heterocycles. The summed E-state index contributed by atoms with van der Waals surface area (Å²) in [5.74, 6) is 1.62. The number of hydrogen-bond acceptors (Lipinski definition) is 5. The Hall–Kier alpha value is -1.95. The van der Waals surface area contributed by atoms with E-state index in [1.807, 2.05) is 30.3 Å². The lowest BCUT2D eigenvalue weighted by Crippen LogP contribution is -1.99. The number of nitrogens with zero attached hydrogens (tertiary/aromatic N) is 2. The van der Waals surface area contributed by atoms with E-state index in [1.54, 1.807) is 30.9 Å². The van der Waals surface area contributed by atoms with Gasteiger partial charge in [-0.15, -0.1) is 0 Å². The molecule has 2 aromatic heterocycles. The molecular weight excluding hydrogens is 379 g/mol. The van der Waals surface area contributed by atoms with E-state index in [1.165, 1.54) is 11.8 Å². The normalized spacial score (nSPS) is 20.3. The third-order valence-electron chi connectivity index (χ3n) is 3.70. The average molecular weight is 391 g/mol. The first kappa shape index (κ1) is 16.5. The molecule has 1 aliphatic rings. The minimum atomic E-state index is -0.181. The van der Waals surface area contributed by atoms with E-state index in [9.17, 15) is 0 Å². The maximum absolute atomic E-state index is 6.18. The molecule has 0 aliphatic carbocycles. The van der Waals surface area contributed by atoms with Gasteiger partial charge >= 0.3 is 0 Å². The number of rotatable bonds is 3. The number of hydrogen-bond donors (Lipinski definition) is 0. The molecule has 0 N–H and O–H groups in total. The summed E-state index contributed by atoms with van der Waals surface area (Å²) in [5, 5.41) is 1.76. The number of furan rings is 2. The summed E-state index contributed by atoms with van der Waals surface area (Å²) in [7, 11) is 0. The highest BCUT2D eigenvalue weighted by Gasteiger charge is 2.36. The molecule has 0 fully saturated rings. The molecule has 0 saturated heterocycles. The quantitative estimate of drug-likeness (QED) is 0.501. The Bertz CT molecular complexity index is 921. The van der Waals surface area contributed by atoms with Crippen LogP contribution in [0.1, 0.15) is 28.4 Å². The van der Waals surface area contributed by atoms with Crippen LogP contribution in [0.5, 0.6) is 0 Å². The Balaban J connectivity index is 1.61. The lowest BCUT2D eigenvalue weighted by Gasteiger charge is -2.11. The highest BCUT2D eigenvalue weighted by Crippen LogP contribution is 2.48. The predicted octanol–water partition coefficient (Wildman–Crippen LogP) is 6.18. The lowest BCUT2D eigenvalue weighted by molar-refractivity contribution is 0.432. The van der Waals surface area contributed by atoms with Crippen LogP contribution < -0.4 is 0 Å². The zero-order valence-electron chi connectivity index (χ0n) is 12.8. The summed E-state index contributed by atoms with van der Waals surface area (Å²) in [6.07, 6.45) is 4.99. The summed E-state index contributed by atoms with van der Waals surface area (Å²) in [6, 6.07) is 12.7. The summed E-state index contributed by atoms with van der Waals surface area (Å²) < 4.78 is 11.1. The van der Waals surface area contributed by atoms with E-state index in [-0.39, 0.29) is 11.3 Å². The molecule has 0 saturated carbocycles. The Morgan fingerprint density at radius 2 is 1.80 bits per heavy atom. The molecule has 0 bridgehead atoms. The molecule has 4 nitrogen and oxygen atoms in total. The van der Waals surface area contributed by atoms with Crippen LogP contribution in [0.4, 0.5) is 0 Å². The van der Waals surface area contributed by atoms with Crippen molar-refractivity contribution in [1.82, 2.24) is 0 Å². The second kappa shape index (κ2) is 7.12. The standard InChI is InChI=1S/C18H12Cl2N2O2S/c19-12-6-5-11(13(20)9-12)10-21-18-22-16(14-3-1-7-23-14)17(25-18)15-4-2-8-24-15/h1-10,16-17H/t16-,17+/m0/s1. The first-order valence-corrected chi connectivity index (χ1v) is 9.14. The molecule has 126 valence electrons. The first-order valence-electron chi connectivity index (χ1n) is 7.51. The molecule has 0 amide bonds. The van der Waals surface area contributed by atoms with Crippen LogP contribution in [0.3, 0.4) is 0 Å². The van der Waals surface area contributed by atoms with Gasteiger partial charge in [0.15, 0.2) is 5.17 Å². The van der Waals surface area contributed by atoms with Crippen molar-refractivity contribution in [3.05, 3.63) is 82.1 Å². The van der Waals surface area contributed by atoms with E-state index in [2.05, 4.69) is 9.98 Å². The van der Waals surface area contributed by atoms with Crippen molar-refractivity contribution in [2.75, 3.05) is 0 Å². The van der Waals surface area contributed by atoms with Gasteiger partial charge in [-0.05, 0) is 36.4 Å². The van der Waals surface area contributed by atoms with Crippen LogP contribution in [-0.4, -0.2) is 11.4 Å². The largest absolute Gasteiger partial charge is 0.468 e. The average Bonchev–Trinajstić information content (AvgIpc) is 3.34. The zero-order valence-corrected chi connectivity index (χ0v) is 15.1. The van der Waals surface area contributed by atoms with Crippen LogP contribution in [0, 0.1) is 0 Å². The highest BCUT2D eigenvalue weighted by atomic mass is 35.5. The number of thioether (sulfide) groups is 1. The second-order valence-electron chi connectivity index (χ2n) is 5.35. The van der Waals surface area contributed by atoms with Gasteiger partial charge < -0.3 is 8.83 Å².